The molecule has 5 rings (SSSR count). The summed E-state index contributed by atoms with van der Waals surface area (Å²) in [5.74, 6) is 0.450. The number of pyridine rings is 1. The number of nitrogens with zero attached hydrogens (tertiary/aromatic N) is 4. The average Bonchev–Trinajstić information content (AvgIpc) is 3.45. The van der Waals surface area contributed by atoms with Crippen molar-refractivity contribution >= 4 is 15.6 Å². The number of aromatic nitrogens is 3. The quantitative estimate of drug-likeness (QED) is 0.520. The van der Waals surface area contributed by atoms with E-state index in [9.17, 15) is 4.21 Å². The minimum Gasteiger partial charge on any atom is -0.477 e. The van der Waals surface area contributed by atoms with E-state index < -0.39 is 9.92 Å². The molecule has 3 N–H and O–H groups in total. The van der Waals surface area contributed by atoms with E-state index in [0.717, 1.165) is 45.1 Å². The van der Waals surface area contributed by atoms with Crippen molar-refractivity contribution in [2.24, 2.45) is 9.50 Å². The third-order valence-corrected chi connectivity index (χ3v) is 7.88. The van der Waals surface area contributed by atoms with E-state index in [2.05, 4.69) is 28.6 Å². The first-order valence-electron chi connectivity index (χ1n) is 10.9. The summed E-state index contributed by atoms with van der Waals surface area (Å²) in [4.78, 5) is 5.34. The van der Waals surface area contributed by atoms with E-state index in [4.69, 9.17) is 19.6 Å². The molecule has 31 heavy (non-hydrogen) atoms. The van der Waals surface area contributed by atoms with Crippen LogP contribution < -0.4 is 15.2 Å². The minimum atomic E-state index is -3.13. The van der Waals surface area contributed by atoms with E-state index in [1.54, 1.807) is 4.68 Å². The van der Waals surface area contributed by atoms with Crippen molar-refractivity contribution in [3.8, 4) is 5.88 Å². The molecule has 2 aliphatic carbocycles. The number of ether oxygens (including phenoxy) is 2. The van der Waals surface area contributed by atoms with Gasteiger partial charge in [0.25, 0.3) is 0 Å². The smallest absolute Gasteiger partial charge is 0.230 e. The standard InChI is InChI=1S/C21H30N6O3S/c1-21(2)8-7-15-18(14-5-3-6-16(14)26-19(15)21)23-12-29-13-25-31(22,28)17-11-24-27-9-4-10-30-20(17)27/h11H,3-10,12-13H2,1-2H3,(H,23,26)(H2,22,25,28). The fourth-order valence-corrected chi connectivity index (χ4v) is 5.78. The van der Waals surface area contributed by atoms with Gasteiger partial charge in [-0.25, -0.2) is 14.0 Å². The van der Waals surface area contributed by atoms with Crippen LogP contribution in [0.25, 0.3) is 0 Å². The van der Waals surface area contributed by atoms with Crippen LogP contribution in [0.2, 0.25) is 0 Å². The van der Waals surface area contributed by atoms with Crippen LogP contribution >= 0.6 is 0 Å². The van der Waals surface area contributed by atoms with E-state index in [-0.39, 0.29) is 18.9 Å². The van der Waals surface area contributed by atoms with Crippen LogP contribution in [0, 0.1) is 0 Å². The van der Waals surface area contributed by atoms with Crippen molar-refractivity contribution in [1.82, 2.24) is 14.8 Å². The third kappa shape index (κ3) is 3.70. The Morgan fingerprint density at radius 3 is 3.06 bits per heavy atom. The van der Waals surface area contributed by atoms with Gasteiger partial charge in [-0.1, -0.05) is 13.8 Å². The molecule has 1 atom stereocenters. The predicted molar refractivity (Wildman–Crippen MR) is 117 cm³/mol. The molecule has 0 aromatic carbocycles. The Kier molecular flexibility index (Phi) is 5.18. The van der Waals surface area contributed by atoms with E-state index in [0.29, 0.717) is 17.4 Å². The van der Waals surface area contributed by atoms with Crippen LogP contribution in [-0.4, -0.2) is 39.0 Å². The zero-order chi connectivity index (χ0) is 21.6. The number of rotatable bonds is 6. The molecule has 0 radical (unpaired) electrons. The number of hydrogen-bond donors (Lipinski definition) is 2. The molecule has 0 bridgehead atoms. The number of hydrogen-bond acceptors (Lipinski definition) is 7. The van der Waals surface area contributed by atoms with Crippen LogP contribution in [0.3, 0.4) is 0 Å². The maximum absolute atomic E-state index is 12.9. The van der Waals surface area contributed by atoms with Gasteiger partial charge in [-0.05, 0) is 43.2 Å². The van der Waals surface area contributed by atoms with Gasteiger partial charge in [0.1, 0.15) is 21.5 Å². The lowest BCUT2D eigenvalue weighted by molar-refractivity contribution is 0.162. The fourth-order valence-electron chi connectivity index (χ4n) is 4.80. The van der Waals surface area contributed by atoms with Gasteiger partial charge in [0.15, 0.2) is 6.73 Å². The predicted octanol–water partition coefficient (Wildman–Crippen LogP) is 2.52. The summed E-state index contributed by atoms with van der Waals surface area (Å²) < 4.78 is 29.9. The van der Waals surface area contributed by atoms with Crippen LogP contribution in [0.1, 0.15) is 55.6 Å². The number of fused-ring (bicyclic) bond motifs is 3. The molecule has 0 fully saturated rings. The molecule has 1 unspecified atom stereocenters. The number of aryl methyl sites for hydroxylation is 2. The molecule has 1 aliphatic heterocycles. The lowest BCUT2D eigenvalue weighted by Crippen LogP contribution is -2.19. The molecule has 9 nitrogen and oxygen atoms in total. The van der Waals surface area contributed by atoms with Gasteiger partial charge in [-0.3, -0.25) is 4.98 Å². The summed E-state index contributed by atoms with van der Waals surface area (Å²) in [6.07, 6.45) is 7.71. The van der Waals surface area contributed by atoms with E-state index in [1.807, 2.05) is 0 Å². The van der Waals surface area contributed by atoms with Gasteiger partial charge in [0.05, 0.1) is 18.5 Å². The Balaban J connectivity index is 1.28. The highest BCUT2D eigenvalue weighted by atomic mass is 32.2. The Morgan fingerprint density at radius 1 is 1.32 bits per heavy atom. The number of nitrogens with one attached hydrogen (secondary N) is 1. The highest BCUT2D eigenvalue weighted by Gasteiger charge is 2.36. The van der Waals surface area contributed by atoms with Crippen LogP contribution in [0.15, 0.2) is 15.5 Å². The maximum atomic E-state index is 12.9. The van der Waals surface area contributed by atoms with Gasteiger partial charge < -0.3 is 14.8 Å². The summed E-state index contributed by atoms with van der Waals surface area (Å²) >= 11 is 0. The Bertz CT molecular complexity index is 1130. The average molecular weight is 447 g/mol. The second kappa shape index (κ2) is 7.75. The van der Waals surface area contributed by atoms with Gasteiger partial charge in [0, 0.05) is 29.8 Å². The molecule has 0 spiro atoms. The van der Waals surface area contributed by atoms with Gasteiger partial charge in [0.2, 0.25) is 5.88 Å². The van der Waals surface area contributed by atoms with Crippen molar-refractivity contribution in [1.29, 1.82) is 0 Å². The first-order chi connectivity index (χ1) is 14.9. The van der Waals surface area contributed by atoms with Crippen molar-refractivity contribution in [3.05, 3.63) is 28.7 Å². The monoisotopic (exact) mass is 446 g/mol. The molecular formula is C21H30N6O3S. The highest BCUT2D eigenvalue weighted by molar-refractivity contribution is 7.91. The molecule has 2 aromatic rings. The highest BCUT2D eigenvalue weighted by Crippen LogP contribution is 2.44. The molecule has 0 saturated heterocycles. The first kappa shape index (κ1) is 20.7. The van der Waals surface area contributed by atoms with Crippen molar-refractivity contribution in [3.63, 3.8) is 0 Å². The topological polar surface area (TPSA) is 117 Å². The fraction of sp³-hybridized carbons (Fsp3) is 0.619. The zero-order valence-electron chi connectivity index (χ0n) is 18.1. The first-order valence-corrected chi connectivity index (χ1v) is 12.5. The van der Waals surface area contributed by atoms with Gasteiger partial charge in [-0.15, -0.1) is 0 Å². The zero-order valence-corrected chi connectivity index (χ0v) is 19.0. The largest absolute Gasteiger partial charge is 0.477 e. The van der Waals surface area contributed by atoms with Gasteiger partial charge in [-0.2, -0.15) is 9.46 Å². The summed E-state index contributed by atoms with van der Waals surface area (Å²) in [5, 5.41) is 13.7. The van der Waals surface area contributed by atoms with Crippen LogP contribution in [-0.2, 0) is 45.9 Å². The second-order valence-electron chi connectivity index (χ2n) is 9.07. The maximum Gasteiger partial charge on any atom is 0.230 e. The van der Waals surface area contributed by atoms with Crippen LogP contribution in [0.4, 0.5) is 5.69 Å². The Morgan fingerprint density at radius 2 is 2.19 bits per heavy atom. The lowest BCUT2D eigenvalue weighted by Gasteiger charge is -2.21. The summed E-state index contributed by atoms with van der Waals surface area (Å²) in [6, 6.07) is 0. The van der Waals surface area contributed by atoms with Crippen molar-refractivity contribution in [2.75, 3.05) is 25.4 Å². The summed E-state index contributed by atoms with van der Waals surface area (Å²) in [7, 11) is -3.13. The van der Waals surface area contributed by atoms with Crippen molar-refractivity contribution < 1.29 is 13.7 Å². The molecule has 2 aromatic heterocycles. The minimum absolute atomic E-state index is 0.0755. The number of nitrogens with two attached hydrogens (primary N) is 1. The normalized spacial score (nSPS) is 20.4. The van der Waals surface area contributed by atoms with E-state index >= 15 is 0 Å². The van der Waals surface area contributed by atoms with Gasteiger partial charge >= 0.3 is 0 Å². The molecule has 10 heteroatoms. The summed E-state index contributed by atoms with van der Waals surface area (Å²) in [5.41, 5.74) is 6.36. The Labute approximate surface area is 183 Å². The van der Waals surface area contributed by atoms with E-state index in [1.165, 1.54) is 34.4 Å². The van der Waals surface area contributed by atoms with Crippen LogP contribution in [0.5, 0.6) is 5.88 Å². The molecule has 0 saturated carbocycles. The SMILES string of the molecule is CC1(C)CCc2c1nc1c(c2NCOCN=S(N)(=O)c2cnn3c2OCCC3)CCC1. The molecule has 168 valence electrons. The molecular weight excluding hydrogens is 416 g/mol. The lowest BCUT2D eigenvalue weighted by atomic mass is 9.90. The second-order valence-corrected chi connectivity index (χ2v) is 10.9. The Hall–Kier alpha value is -2.17. The molecule has 3 heterocycles. The third-order valence-electron chi connectivity index (χ3n) is 6.48. The number of anilines is 1. The van der Waals surface area contributed by atoms with Crippen molar-refractivity contribution in [2.45, 2.75) is 69.2 Å². The molecule has 0 amide bonds. The molecule has 3 aliphatic rings. The summed E-state index contributed by atoms with van der Waals surface area (Å²) in [6.45, 7) is 6.01.